The molecule has 0 heterocycles. The molecule has 0 spiro atoms. The molecule has 0 aromatic heterocycles. The maximum atomic E-state index is 14.9. The minimum atomic E-state index is -1.21. The first-order valence-electron chi connectivity index (χ1n) is 8.27. The van der Waals surface area contributed by atoms with Crippen LogP contribution in [0.2, 0.25) is 0 Å². The molecule has 11 heteroatoms. The Morgan fingerprint density at radius 3 is 1.60 bits per heavy atom. The van der Waals surface area contributed by atoms with Crippen LogP contribution in [0, 0.1) is 12.7 Å². The van der Waals surface area contributed by atoms with Gasteiger partial charge in [-0.3, -0.25) is 0 Å². The molecule has 0 saturated carbocycles. The van der Waals surface area contributed by atoms with Crippen molar-refractivity contribution < 1.29 is 40.1 Å². The molecular weight excluding hydrogens is 392 g/mol. The largest absolute Gasteiger partial charge is 0.509 e. The molecule has 7 N–H and O–H groups in total. The van der Waals surface area contributed by atoms with Gasteiger partial charge >= 0.3 is 0 Å². The van der Waals surface area contributed by atoms with Gasteiger partial charge in [-0.2, -0.15) is 0 Å². The summed E-state index contributed by atoms with van der Waals surface area (Å²) in [7, 11) is 17.1. The van der Waals surface area contributed by atoms with Gasteiger partial charge in [-0.15, -0.1) is 0 Å². The molecule has 3 rings (SSSR count). The van der Waals surface area contributed by atoms with Gasteiger partial charge in [0.2, 0.25) is 17.2 Å². The fourth-order valence-corrected chi connectivity index (χ4v) is 3.11. The van der Waals surface area contributed by atoms with Crippen LogP contribution >= 0.6 is 0 Å². The van der Waals surface area contributed by atoms with Crippen LogP contribution in [0.4, 0.5) is 4.39 Å². The summed E-state index contributed by atoms with van der Waals surface area (Å²) in [5.41, 5.74) is -2.68. The average Bonchev–Trinajstić information content (AvgIpc) is 2.71. The summed E-state index contributed by atoms with van der Waals surface area (Å²) in [6, 6.07) is 2.24. The zero-order valence-corrected chi connectivity index (χ0v) is 15.4. The average molecular weight is 404 g/mol. The van der Waals surface area contributed by atoms with E-state index in [1.807, 2.05) is 0 Å². The van der Waals surface area contributed by atoms with Crippen molar-refractivity contribution in [2.75, 3.05) is 0 Å². The summed E-state index contributed by atoms with van der Waals surface area (Å²) in [5, 5.41) is 69.8. The molecule has 0 bridgehead atoms. The van der Waals surface area contributed by atoms with E-state index >= 15 is 0 Å². The summed E-state index contributed by atoms with van der Waals surface area (Å²) in [4.78, 5) is 0. The monoisotopic (exact) mass is 404 g/mol. The molecule has 0 amide bonds. The quantitative estimate of drug-likeness (QED) is 0.178. The van der Waals surface area contributed by atoms with Crippen molar-refractivity contribution >= 4 is 39.9 Å². The van der Waals surface area contributed by atoms with Gasteiger partial charge in [0.05, 0.1) is 5.56 Å². The van der Waals surface area contributed by atoms with Gasteiger partial charge in [0, 0.05) is 11.1 Å². The third kappa shape index (κ3) is 2.85. The highest BCUT2D eigenvalue weighted by atomic mass is 19.1. The van der Waals surface area contributed by atoms with Crippen molar-refractivity contribution in [2.24, 2.45) is 0 Å². The SMILES string of the molecule is [B]c1c([B])c(O)c(-c2cc(C)c(F)c(-c3c(O)c(O)c(O)c(O)c3O)c2)c([B])c1O. The standard InChI is InChI=1S/C19H12B3FO7/c1-4-2-5(7-9(20)16(27)11(22)10(21)13(7)24)3-6(12(4)23)8-14(25)17(28)19(30)18(29)15(8)26/h2-3,24-30H,1H3. The number of rotatable bonds is 2. The first-order chi connectivity index (χ1) is 13.9. The Labute approximate surface area is 173 Å². The van der Waals surface area contributed by atoms with E-state index in [0.717, 1.165) is 6.07 Å². The van der Waals surface area contributed by atoms with Crippen LogP contribution < -0.4 is 16.4 Å². The molecule has 146 valence electrons. The molecule has 3 aromatic rings. The third-order valence-electron chi connectivity index (χ3n) is 4.75. The molecule has 6 radical (unpaired) electrons. The summed E-state index contributed by atoms with van der Waals surface area (Å²) in [6.07, 6.45) is 0. The second-order valence-electron chi connectivity index (χ2n) is 6.59. The van der Waals surface area contributed by atoms with Gasteiger partial charge in [0.25, 0.3) is 0 Å². The van der Waals surface area contributed by atoms with Gasteiger partial charge in [-0.25, -0.2) is 4.39 Å². The van der Waals surface area contributed by atoms with Crippen LogP contribution in [-0.4, -0.2) is 59.3 Å². The van der Waals surface area contributed by atoms with Crippen molar-refractivity contribution in [3.63, 3.8) is 0 Å². The number of halogens is 1. The fraction of sp³-hybridized carbons (Fsp3) is 0.0526. The Bertz CT molecular complexity index is 1170. The summed E-state index contributed by atoms with van der Waals surface area (Å²) in [6.45, 7) is 1.31. The van der Waals surface area contributed by atoms with Gasteiger partial charge in [0.1, 0.15) is 40.9 Å². The van der Waals surface area contributed by atoms with Gasteiger partial charge < -0.3 is 35.7 Å². The van der Waals surface area contributed by atoms with Crippen molar-refractivity contribution in [2.45, 2.75) is 6.92 Å². The highest BCUT2D eigenvalue weighted by molar-refractivity contribution is 6.54. The lowest BCUT2D eigenvalue weighted by Gasteiger charge is -2.19. The van der Waals surface area contributed by atoms with Gasteiger partial charge in [-0.05, 0) is 35.6 Å². The van der Waals surface area contributed by atoms with E-state index in [4.69, 9.17) is 23.5 Å². The third-order valence-corrected chi connectivity index (χ3v) is 4.75. The number of phenols is 7. The number of hydrogen-bond acceptors (Lipinski definition) is 7. The lowest BCUT2D eigenvalue weighted by Crippen LogP contribution is -2.32. The van der Waals surface area contributed by atoms with Crippen LogP contribution in [0.5, 0.6) is 40.2 Å². The second kappa shape index (κ2) is 7.02. The van der Waals surface area contributed by atoms with E-state index in [1.54, 1.807) is 0 Å². The molecule has 0 saturated heterocycles. The Hall–Kier alpha value is -3.62. The van der Waals surface area contributed by atoms with E-state index in [2.05, 4.69) is 0 Å². The zero-order valence-electron chi connectivity index (χ0n) is 15.4. The predicted molar refractivity (Wildman–Crippen MR) is 110 cm³/mol. The number of benzene rings is 3. The normalized spacial score (nSPS) is 11.0. The van der Waals surface area contributed by atoms with Gasteiger partial charge in [-0.1, -0.05) is 10.9 Å². The molecule has 0 aliphatic heterocycles. The topological polar surface area (TPSA) is 142 Å². The van der Waals surface area contributed by atoms with Gasteiger partial charge in [0.15, 0.2) is 11.5 Å². The summed E-state index contributed by atoms with van der Waals surface area (Å²) < 4.78 is 14.9. The fourth-order valence-electron chi connectivity index (χ4n) is 3.11. The zero-order chi connectivity index (χ0) is 22.7. The lowest BCUT2D eigenvalue weighted by molar-refractivity contribution is 0.330. The van der Waals surface area contributed by atoms with Crippen molar-refractivity contribution in [3.05, 3.63) is 23.5 Å². The molecular formula is C19H12B3FO7. The molecule has 0 fully saturated rings. The van der Waals surface area contributed by atoms with Crippen LogP contribution in [0.1, 0.15) is 5.56 Å². The minimum Gasteiger partial charge on any atom is -0.509 e. The number of hydrogen-bond donors (Lipinski definition) is 7. The maximum Gasteiger partial charge on any atom is 0.208 e. The predicted octanol–water partition coefficient (Wildman–Crippen LogP) is -0.211. The smallest absolute Gasteiger partial charge is 0.208 e. The van der Waals surface area contributed by atoms with E-state index in [0.29, 0.717) is 0 Å². The second-order valence-corrected chi connectivity index (χ2v) is 6.59. The highest BCUT2D eigenvalue weighted by Gasteiger charge is 2.27. The van der Waals surface area contributed by atoms with E-state index < -0.39 is 57.2 Å². The van der Waals surface area contributed by atoms with Crippen LogP contribution in [0.15, 0.2) is 12.1 Å². The molecule has 0 unspecified atom stereocenters. The Morgan fingerprint density at radius 1 is 0.600 bits per heavy atom. The highest BCUT2D eigenvalue weighted by Crippen LogP contribution is 2.55. The van der Waals surface area contributed by atoms with E-state index in [-0.39, 0.29) is 33.1 Å². The van der Waals surface area contributed by atoms with E-state index in [1.165, 1.54) is 13.0 Å². The molecule has 7 nitrogen and oxygen atoms in total. The first-order valence-corrected chi connectivity index (χ1v) is 8.27. The summed E-state index contributed by atoms with van der Waals surface area (Å²) in [5.74, 6) is -8.03. The number of aryl methyl sites for hydroxylation is 1. The Kier molecular flexibility index (Phi) is 4.93. The molecule has 30 heavy (non-hydrogen) atoms. The molecule has 0 aliphatic rings. The number of aromatic hydroxyl groups is 7. The maximum absolute atomic E-state index is 14.9. The first kappa shape index (κ1) is 21.1. The van der Waals surface area contributed by atoms with Crippen LogP contribution in [0.3, 0.4) is 0 Å². The lowest BCUT2D eigenvalue weighted by atomic mass is 9.71. The van der Waals surface area contributed by atoms with Crippen molar-refractivity contribution in [1.82, 2.24) is 0 Å². The Balaban J connectivity index is 2.44. The van der Waals surface area contributed by atoms with Crippen LogP contribution in [0.25, 0.3) is 22.3 Å². The number of phenolic OH excluding ortho intramolecular Hbond substituents is 7. The van der Waals surface area contributed by atoms with Crippen molar-refractivity contribution in [1.29, 1.82) is 0 Å². The van der Waals surface area contributed by atoms with Crippen molar-refractivity contribution in [3.8, 4) is 62.5 Å². The molecule has 0 aliphatic carbocycles. The molecule has 3 aromatic carbocycles. The Morgan fingerprint density at radius 2 is 1.07 bits per heavy atom. The molecule has 0 atom stereocenters. The van der Waals surface area contributed by atoms with E-state index in [9.17, 15) is 40.1 Å². The van der Waals surface area contributed by atoms with Crippen LogP contribution in [-0.2, 0) is 0 Å². The minimum absolute atomic E-state index is 0.00763. The summed E-state index contributed by atoms with van der Waals surface area (Å²) >= 11 is 0.